The number of hydrogen-bond acceptors (Lipinski definition) is 7. The summed E-state index contributed by atoms with van der Waals surface area (Å²) in [5.41, 5.74) is -0.285. The Morgan fingerprint density at radius 1 is 1.18 bits per heavy atom. The Morgan fingerprint density at radius 2 is 1.95 bits per heavy atom. The zero-order valence-corrected chi connectivity index (χ0v) is 22.4. The Morgan fingerprint density at radius 3 is 2.65 bits per heavy atom. The SMILES string of the molecule is CC1CN(c2ccc(Nc3ncc4cc(C#CC5CCN(C)CC5)c(=O)n(CC(F)(F)F)c4n3)cc2F)CCN1. The van der Waals surface area contributed by atoms with Gasteiger partial charge in [-0.25, -0.2) is 9.37 Å². The summed E-state index contributed by atoms with van der Waals surface area (Å²) in [6.45, 7) is 4.34. The third kappa shape index (κ3) is 6.54. The minimum atomic E-state index is -4.66. The molecular formula is C28H31F4N7O. The van der Waals surface area contributed by atoms with Gasteiger partial charge >= 0.3 is 6.18 Å². The molecule has 4 heterocycles. The van der Waals surface area contributed by atoms with Crippen LogP contribution in [0.2, 0.25) is 0 Å². The molecule has 0 radical (unpaired) electrons. The molecule has 0 bridgehead atoms. The lowest BCUT2D eigenvalue weighted by Crippen LogP contribution is -2.49. The zero-order chi connectivity index (χ0) is 28.4. The van der Waals surface area contributed by atoms with E-state index in [2.05, 4.69) is 37.3 Å². The molecule has 12 heteroatoms. The van der Waals surface area contributed by atoms with Crippen molar-refractivity contribution in [3.63, 3.8) is 0 Å². The molecule has 5 rings (SSSR count). The Kier molecular flexibility index (Phi) is 7.96. The van der Waals surface area contributed by atoms with Crippen LogP contribution in [0.15, 0.2) is 35.3 Å². The third-order valence-corrected chi connectivity index (χ3v) is 7.21. The lowest BCUT2D eigenvalue weighted by Gasteiger charge is -2.33. The standard InChI is InChI=1S/C28H31F4N7O/c1-18-16-38(12-9-33-18)24-6-5-22(14-23(24)29)35-27-34-15-21-13-20(4-3-19-7-10-37(2)11-8-19)26(40)39(25(21)36-27)17-28(30,31)32/h5-6,13-15,18-19,33H,7-12,16-17H2,1-2H3,(H,34,35,36). The van der Waals surface area contributed by atoms with E-state index in [1.54, 1.807) is 12.1 Å². The van der Waals surface area contributed by atoms with E-state index in [1.807, 2.05) is 18.9 Å². The van der Waals surface area contributed by atoms with Gasteiger partial charge in [0.05, 0.1) is 11.3 Å². The van der Waals surface area contributed by atoms with Gasteiger partial charge in [0.1, 0.15) is 18.0 Å². The number of likely N-dealkylation sites (tertiary alicyclic amines) is 1. The second-order valence-corrected chi connectivity index (χ2v) is 10.5. The first-order valence-electron chi connectivity index (χ1n) is 13.3. The summed E-state index contributed by atoms with van der Waals surface area (Å²) in [4.78, 5) is 25.7. The third-order valence-electron chi connectivity index (χ3n) is 7.21. The number of benzene rings is 1. The van der Waals surface area contributed by atoms with E-state index in [4.69, 9.17) is 0 Å². The van der Waals surface area contributed by atoms with Crippen molar-refractivity contribution in [2.24, 2.45) is 5.92 Å². The van der Waals surface area contributed by atoms with E-state index >= 15 is 0 Å². The number of aromatic nitrogens is 3. The molecule has 0 aliphatic carbocycles. The Labute approximate surface area is 229 Å². The molecule has 0 spiro atoms. The smallest absolute Gasteiger partial charge is 0.366 e. The van der Waals surface area contributed by atoms with Crippen LogP contribution in [0.3, 0.4) is 0 Å². The summed E-state index contributed by atoms with van der Waals surface area (Å²) in [5.74, 6) is 5.46. The molecule has 2 saturated heterocycles. The Hall–Kier alpha value is -3.69. The minimum absolute atomic E-state index is 0.0279. The fourth-order valence-corrected chi connectivity index (χ4v) is 5.09. The van der Waals surface area contributed by atoms with Gasteiger partial charge in [-0.05, 0) is 64.2 Å². The summed E-state index contributed by atoms with van der Waals surface area (Å²) in [7, 11) is 2.02. The van der Waals surface area contributed by atoms with Crippen LogP contribution in [0.5, 0.6) is 0 Å². The number of piperazine rings is 1. The van der Waals surface area contributed by atoms with Crippen molar-refractivity contribution < 1.29 is 17.6 Å². The molecule has 1 unspecified atom stereocenters. The number of halogens is 4. The molecule has 3 aromatic rings. The molecule has 1 aromatic carbocycles. The summed E-state index contributed by atoms with van der Waals surface area (Å²) in [6, 6.07) is 6.25. The van der Waals surface area contributed by atoms with Gasteiger partial charge in [-0.2, -0.15) is 18.2 Å². The van der Waals surface area contributed by atoms with E-state index in [0.29, 0.717) is 29.0 Å². The van der Waals surface area contributed by atoms with E-state index in [0.717, 1.165) is 32.5 Å². The number of pyridine rings is 1. The molecule has 2 aromatic heterocycles. The van der Waals surface area contributed by atoms with E-state index in [9.17, 15) is 22.4 Å². The van der Waals surface area contributed by atoms with Gasteiger partial charge in [0.25, 0.3) is 5.56 Å². The fourth-order valence-electron chi connectivity index (χ4n) is 5.09. The van der Waals surface area contributed by atoms with Gasteiger partial charge in [-0.3, -0.25) is 9.36 Å². The van der Waals surface area contributed by atoms with Crippen LogP contribution < -0.4 is 21.1 Å². The van der Waals surface area contributed by atoms with Crippen LogP contribution in [0.4, 0.5) is 34.9 Å². The molecule has 2 aliphatic rings. The predicted molar refractivity (Wildman–Crippen MR) is 146 cm³/mol. The maximum absolute atomic E-state index is 15.0. The number of nitrogens with one attached hydrogen (secondary N) is 2. The monoisotopic (exact) mass is 557 g/mol. The highest BCUT2D eigenvalue weighted by Gasteiger charge is 2.30. The summed E-state index contributed by atoms with van der Waals surface area (Å²) in [6.07, 6.45) is -1.65. The maximum atomic E-state index is 15.0. The second kappa shape index (κ2) is 11.4. The van der Waals surface area contributed by atoms with Crippen molar-refractivity contribution in [3.8, 4) is 11.8 Å². The predicted octanol–water partition coefficient (Wildman–Crippen LogP) is 3.73. The van der Waals surface area contributed by atoms with Gasteiger partial charge < -0.3 is 20.4 Å². The number of nitrogens with zero attached hydrogens (tertiary/aromatic N) is 5. The highest BCUT2D eigenvalue weighted by molar-refractivity contribution is 5.77. The van der Waals surface area contributed by atoms with Crippen molar-refractivity contribution in [2.45, 2.75) is 38.5 Å². The summed E-state index contributed by atoms with van der Waals surface area (Å²) < 4.78 is 56.0. The second-order valence-electron chi connectivity index (χ2n) is 10.5. The average Bonchev–Trinajstić information content (AvgIpc) is 2.90. The van der Waals surface area contributed by atoms with Crippen LogP contribution in [-0.4, -0.2) is 71.4 Å². The van der Waals surface area contributed by atoms with Crippen LogP contribution in [0.25, 0.3) is 11.0 Å². The van der Waals surface area contributed by atoms with Crippen LogP contribution >= 0.6 is 0 Å². The number of alkyl halides is 3. The topological polar surface area (TPSA) is 78.3 Å². The fraction of sp³-hybridized carbons (Fsp3) is 0.464. The normalized spacial score (nSPS) is 18.9. The first-order chi connectivity index (χ1) is 19.1. The highest BCUT2D eigenvalue weighted by atomic mass is 19.4. The van der Waals surface area contributed by atoms with E-state index in [1.165, 1.54) is 18.3 Å². The number of anilines is 3. The van der Waals surface area contributed by atoms with Gasteiger partial charge in [0, 0.05) is 48.9 Å². The lowest BCUT2D eigenvalue weighted by molar-refractivity contribution is -0.140. The number of piperidine rings is 1. The first kappa shape index (κ1) is 27.9. The van der Waals surface area contributed by atoms with Crippen LogP contribution in [0.1, 0.15) is 25.3 Å². The highest BCUT2D eigenvalue weighted by Crippen LogP contribution is 2.26. The molecule has 0 amide bonds. The molecule has 8 nitrogen and oxygen atoms in total. The number of rotatable bonds is 4. The molecule has 2 aliphatic heterocycles. The van der Waals surface area contributed by atoms with Crippen molar-refractivity contribution in [1.29, 1.82) is 0 Å². The molecule has 212 valence electrons. The largest absolute Gasteiger partial charge is 0.406 e. The summed E-state index contributed by atoms with van der Waals surface area (Å²) in [5, 5.41) is 6.41. The Balaban J connectivity index is 1.44. The van der Waals surface area contributed by atoms with Crippen molar-refractivity contribution in [1.82, 2.24) is 24.8 Å². The lowest BCUT2D eigenvalue weighted by atomic mass is 9.97. The van der Waals surface area contributed by atoms with Crippen molar-refractivity contribution >= 4 is 28.4 Å². The van der Waals surface area contributed by atoms with Gasteiger partial charge in [-0.1, -0.05) is 11.8 Å². The quantitative estimate of drug-likeness (QED) is 0.374. The maximum Gasteiger partial charge on any atom is 0.406 e. The molecule has 1 atom stereocenters. The van der Waals surface area contributed by atoms with Crippen molar-refractivity contribution in [2.75, 3.05) is 50.0 Å². The average molecular weight is 558 g/mol. The van der Waals surface area contributed by atoms with Gasteiger partial charge in [0.2, 0.25) is 5.95 Å². The number of fused-ring (bicyclic) bond motifs is 1. The van der Waals surface area contributed by atoms with Crippen LogP contribution in [-0.2, 0) is 6.54 Å². The first-order valence-corrected chi connectivity index (χ1v) is 13.3. The van der Waals surface area contributed by atoms with Gasteiger partial charge in [-0.15, -0.1) is 0 Å². The molecule has 2 fully saturated rings. The molecule has 40 heavy (non-hydrogen) atoms. The molecule has 2 N–H and O–H groups in total. The molecule has 0 saturated carbocycles. The Bertz CT molecular complexity index is 1500. The van der Waals surface area contributed by atoms with E-state index in [-0.39, 0.29) is 34.5 Å². The van der Waals surface area contributed by atoms with Crippen molar-refractivity contribution in [3.05, 3.63) is 52.2 Å². The number of hydrogen-bond donors (Lipinski definition) is 2. The molecular weight excluding hydrogens is 526 g/mol. The minimum Gasteiger partial charge on any atom is -0.366 e. The summed E-state index contributed by atoms with van der Waals surface area (Å²) >= 11 is 0. The zero-order valence-electron chi connectivity index (χ0n) is 22.4. The van der Waals surface area contributed by atoms with Gasteiger partial charge in [0.15, 0.2) is 0 Å². The van der Waals surface area contributed by atoms with Crippen LogP contribution in [0, 0.1) is 23.6 Å². The van der Waals surface area contributed by atoms with E-state index < -0.39 is 24.1 Å².